The van der Waals surface area contributed by atoms with Gasteiger partial charge < -0.3 is 4.74 Å². The number of methoxy groups -OCH3 is 1. The molecule has 3 heteroatoms. The minimum Gasteiger partial charge on any atom is -0.453 e. The highest BCUT2D eigenvalue weighted by Gasteiger charge is 2.28. The Bertz CT molecular complexity index is 916. The lowest BCUT2D eigenvalue weighted by atomic mass is 9.77. The maximum absolute atomic E-state index is 11.5. The van der Waals surface area contributed by atoms with E-state index in [1.54, 1.807) is 22.3 Å². The van der Waals surface area contributed by atoms with Crippen molar-refractivity contribution in [1.82, 2.24) is 0 Å². The van der Waals surface area contributed by atoms with Gasteiger partial charge in [-0.3, -0.25) is 5.32 Å². The molecule has 0 aromatic heterocycles. The summed E-state index contributed by atoms with van der Waals surface area (Å²) in [5, 5.41) is 2.78. The van der Waals surface area contributed by atoms with Gasteiger partial charge in [-0.25, -0.2) is 4.79 Å². The molecule has 0 heterocycles. The lowest BCUT2D eigenvalue weighted by molar-refractivity contribution is 0.187. The van der Waals surface area contributed by atoms with Crippen molar-refractivity contribution in [2.24, 2.45) is 5.92 Å². The molecule has 3 aliphatic rings. The van der Waals surface area contributed by atoms with Crippen molar-refractivity contribution >= 4 is 11.8 Å². The minimum absolute atomic E-state index is 0.424. The fourth-order valence-electron chi connectivity index (χ4n) is 5.03. The van der Waals surface area contributed by atoms with Gasteiger partial charge in [-0.05, 0) is 87.1 Å². The molecule has 1 atom stereocenters. The molecular weight excluding hydrogens is 358 g/mol. The van der Waals surface area contributed by atoms with Gasteiger partial charge in [0.15, 0.2) is 0 Å². The van der Waals surface area contributed by atoms with E-state index in [0.29, 0.717) is 5.92 Å². The maximum atomic E-state index is 11.5. The molecule has 0 bridgehead atoms. The Morgan fingerprint density at radius 2 is 2.07 bits per heavy atom. The van der Waals surface area contributed by atoms with Gasteiger partial charge in [-0.2, -0.15) is 0 Å². The third kappa shape index (κ3) is 4.55. The standard InChI is InChI=1S/C26H31NO2/c1-18-10-14-24-21(16-18)13-12-20-7-3-4-9-23(20)25(24)15-11-19-6-5-8-22(17-19)27-26(28)29-2/h4-6,8-9,16-17,25H,3,7,10-15H2,1-2H3,(H,27,28). The molecule has 4 rings (SSSR count). The van der Waals surface area contributed by atoms with Gasteiger partial charge in [0.2, 0.25) is 0 Å². The van der Waals surface area contributed by atoms with E-state index >= 15 is 0 Å². The Morgan fingerprint density at radius 3 is 2.93 bits per heavy atom. The van der Waals surface area contributed by atoms with Crippen molar-refractivity contribution in [1.29, 1.82) is 0 Å². The van der Waals surface area contributed by atoms with Gasteiger partial charge in [0.25, 0.3) is 0 Å². The average molecular weight is 390 g/mol. The minimum atomic E-state index is -0.424. The Morgan fingerprint density at radius 1 is 1.17 bits per heavy atom. The number of amides is 1. The molecule has 29 heavy (non-hydrogen) atoms. The zero-order valence-electron chi connectivity index (χ0n) is 17.6. The topological polar surface area (TPSA) is 38.3 Å². The first kappa shape index (κ1) is 19.8. The van der Waals surface area contributed by atoms with E-state index in [0.717, 1.165) is 18.5 Å². The first-order valence-corrected chi connectivity index (χ1v) is 10.9. The van der Waals surface area contributed by atoms with Crippen LogP contribution in [0.3, 0.4) is 0 Å². The monoisotopic (exact) mass is 389 g/mol. The van der Waals surface area contributed by atoms with Crippen LogP contribution in [0.2, 0.25) is 0 Å². The fourth-order valence-corrected chi connectivity index (χ4v) is 5.03. The summed E-state index contributed by atoms with van der Waals surface area (Å²) in [6, 6.07) is 8.15. The maximum Gasteiger partial charge on any atom is 0.411 e. The van der Waals surface area contributed by atoms with Crippen molar-refractivity contribution in [2.75, 3.05) is 12.4 Å². The van der Waals surface area contributed by atoms with Crippen LogP contribution in [0, 0.1) is 5.92 Å². The number of hydrogen-bond donors (Lipinski definition) is 1. The van der Waals surface area contributed by atoms with Crippen LogP contribution in [-0.2, 0) is 11.2 Å². The van der Waals surface area contributed by atoms with Crippen molar-refractivity contribution in [3.63, 3.8) is 0 Å². The van der Waals surface area contributed by atoms with Crippen molar-refractivity contribution in [3.05, 3.63) is 75.9 Å². The van der Waals surface area contributed by atoms with Crippen LogP contribution in [0.25, 0.3) is 0 Å². The molecule has 1 aromatic carbocycles. The number of nitrogens with one attached hydrogen (secondary N) is 1. The van der Waals surface area contributed by atoms with Crippen LogP contribution in [0.5, 0.6) is 0 Å². The molecule has 0 fully saturated rings. The number of carbonyl (C=O) groups is 1. The smallest absolute Gasteiger partial charge is 0.411 e. The molecule has 1 aromatic rings. The number of hydrogen-bond acceptors (Lipinski definition) is 2. The largest absolute Gasteiger partial charge is 0.453 e. The highest BCUT2D eigenvalue weighted by atomic mass is 16.5. The lowest BCUT2D eigenvalue weighted by Crippen LogP contribution is -2.14. The lowest BCUT2D eigenvalue weighted by Gasteiger charge is -2.28. The first-order valence-electron chi connectivity index (χ1n) is 10.9. The van der Waals surface area contributed by atoms with Crippen LogP contribution in [0.4, 0.5) is 10.5 Å². The number of aryl methyl sites for hydroxylation is 1. The van der Waals surface area contributed by atoms with E-state index in [4.69, 9.17) is 4.74 Å². The summed E-state index contributed by atoms with van der Waals surface area (Å²) in [6.07, 6.45) is 16.2. The summed E-state index contributed by atoms with van der Waals surface area (Å²) in [5.41, 5.74) is 10.1. The third-order valence-corrected chi connectivity index (χ3v) is 6.51. The molecule has 0 saturated heterocycles. The molecule has 1 amide bonds. The third-order valence-electron chi connectivity index (χ3n) is 6.51. The number of anilines is 1. The van der Waals surface area contributed by atoms with E-state index in [1.165, 1.54) is 56.8 Å². The molecule has 152 valence electrons. The Balaban J connectivity index is 1.58. The average Bonchev–Trinajstić information content (AvgIpc) is 2.89. The number of allylic oxidation sites excluding steroid dienone is 8. The van der Waals surface area contributed by atoms with Gasteiger partial charge in [0, 0.05) is 11.6 Å². The van der Waals surface area contributed by atoms with E-state index in [9.17, 15) is 4.79 Å². The van der Waals surface area contributed by atoms with Gasteiger partial charge in [0.05, 0.1) is 7.11 Å². The number of rotatable bonds is 4. The van der Waals surface area contributed by atoms with Crippen LogP contribution < -0.4 is 5.32 Å². The fraction of sp³-hybridized carbons (Fsp3) is 0.423. The Kier molecular flexibility index (Phi) is 6.03. The highest BCUT2D eigenvalue weighted by molar-refractivity contribution is 5.84. The number of ether oxygens (including phenoxy) is 1. The molecule has 3 aliphatic carbocycles. The van der Waals surface area contributed by atoms with Crippen LogP contribution in [-0.4, -0.2) is 13.2 Å². The molecular formula is C26H31NO2. The predicted octanol–water partition coefficient (Wildman–Crippen LogP) is 6.89. The molecule has 1 N–H and O–H groups in total. The van der Waals surface area contributed by atoms with E-state index in [-0.39, 0.29) is 0 Å². The van der Waals surface area contributed by atoms with Gasteiger partial charge in [-0.15, -0.1) is 0 Å². The number of benzene rings is 1. The second-order valence-corrected chi connectivity index (χ2v) is 8.45. The second kappa shape index (κ2) is 8.86. The van der Waals surface area contributed by atoms with Gasteiger partial charge in [-0.1, -0.05) is 47.1 Å². The molecule has 1 unspecified atom stereocenters. The summed E-state index contributed by atoms with van der Waals surface area (Å²) in [7, 11) is 1.39. The number of carbonyl (C=O) groups excluding carboxylic acids is 1. The molecule has 0 aliphatic heterocycles. The van der Waals surface area contributed by atoms with E-state index in [2.05, 4.69) is 42.6 Å². The van der Waals surface area contributed by atoms with Gasteiger partial charge >= 0.3 is 6.09 Å². The summed E-state index contributed by atoms with van der Waals surface area (Å²) in [6.45, 7) is 2.27. The zero-order valence-corrected chi connectivity index (χ0v) is 17.6. The quantitative estimate of drug-likeness (QED) is 0.609. The van der Waals surface area contributed by atoms with Crippen LogP contribution >= 0.6 is 0 Å². The van der Waals surface area contributed by atoms with Crippen LogP contribution in [0.1, 0.15) is 57.4 Å². The van der Waals surface area contributed by atoms with Gasteiger partial charge in [0.1, 0.15) is 0 Å². The summed E-state index contributed by atoms with van der Waals surface area (Å²) in [4.78, 5) is 11.5. The molecule has 0 spiro atoms. The Labute approximate surface area is 174 Å². The molecule has 0 saturated carbocycles. The zero-order chi connectivity index (χ0) is 20.2. The highest BCUT2D eigenvalue weighted by Crippen LogP contribution is 2.44. The SMILES string of the molecule is COC(=O)Nc1cccc(CCC2C3=C(CCC=C3)CCC3=C2CCC(C)=C3)c1. The summed E-state index contributed by atoms with van der Waals surface area (Å²) < 4.78 is 4.71. The summed E-state index contributed by atoms with van der Waals surface area (Å²) >= 11 is 0. The Hall–Kier alpha value is -2.55. The molecule has 3 nitrogen and oxygen atoms in total. The van der Waals surface area contributed by atoms with Crippen LogP contribution in [0.15, 0.2) is 70.4 Å². The van der Waals surface area contributed by atoms with E-state index < -0.39 is 6.09 Å². The van der Waals surface area contributed by atoms with E-state index in [1.807, 2.05) is 12.1 Å². The first-order chi connectivity index (χ1) is 14.1. The van der Waals surface area contributed by atoms with Crippen molar-refractivity contribution in [2.45, 2.75) is 58.3 Å². The normalized spacial score (nSPS) is 21.2. The van der Waals surface area contributed by atoms with Crippen molar-refractivity contribution in [3.8, 4) is 0 Å². The molecule has 0 radical (unpaired) electrons. The predicted molar refractivity (Wildman–Crippen MR) is 119 cm³/mol. The second-order valence-electron chi connectivity index (χ2n) is 8.45. The summed E-state index contributed by atoms with van der Waals surface area (Å²) in [5.74, 6) is 0.528. The van der Waals surface area contributed by atoms with Crippen molar-refractivity contribution < 1.29 is 9.53 Å².